The predicted molar refractivity (Wildman–Crippen MR) is 96.7 cm³/mol. The van der Waals surface area contributed by atoms with Crippen LogP contribution < -0.4 is 10.4 Å². The maximum Gasteiger partial charge on any atom is 0.336 e. The number of hydrogen-bond acceptors (Lipinski definition) is 6. The molecule has 1 aliphatic rings. The molecule has 0 unspecified atom stereocenters. The van der Waals surface area contributed by atoms with Gasteiger partial charge in [-0.25, -0.2) is 9.78 Å². The van der Waals surface area contributed by atoms with E-state index >= 15 is 0 Å². The standard InChI is InChI=1S/C19H14N2O3S/c1-10-20-18(17-13-3-2-4-15(13)25-19(17)21-10)23-12-7-5-11-6-8-16(22)24-14(11)9-12/h5-9H,2-4H2,1H3. The first-order valence-corrected chi connectivity index (χ1v) is 9.00. The van der Waals surface area contributed by atoms with Crippen LogP contribution in [-0.2, 0) is 12.8 Å². The van der Waals surface area contributed by atoms with Crippen molar-refractivity contribution in [3.05, 3.63) is 57.0 Å². The van der Waals surface area contributed by atoms with Gasteiger partial charge in [0.1, 0.15) is 22.0 Å². The highest BCUT2D eigenvalue weighted by atomic mass is 32.1. The normalized spacial score (nSPS) is 13.5. The molecule has 1 aliphatic carbocycles. The summed E-state index contributed by atoms with van der Waals surface area (Å²) in [4.78, 5) is 22.9. The Morgan fingerprint density at radius 3 is 2.96 bits per heavy atom. The number of thiophene rings is 1. The van der Waals surface area contributed by atoms with Gasteiger partial charge in [0.15, 0.2) is 0 Å². The van der Waals surface area contributed by atoms with E-state index in [9.17, 15) is 4.79 Å². The molecule has 0 spiro atoms. The fourth-order valence-electron chi connectivity index (χ4n) is 3.35. The highest BCUT2D eigenvalue weighted by molar-refractivity contribution is 7.19. The summed E-state index contributed by atoms with van der Waals surface area (Å²) < 4.78 is 11.3. The van der Waals surface area contributed by atoms with Crippen LogP contribution in [0.1, 0.15) is 22.7 Å². The lowest BCUT2D eigenvalue weighted by molar-refractivity contribution is 0.465. The Bertz CT molecular complexity index is 1190. The van der Waals surface area contributed by atoms with Crippen molar-refractivity contribution in [1.29, 1.82) is 0 Å². The number of fused-ring (bicyclic) bond motifs is 4. The molecule has 25 heavy (non-hydrogen) atoms. The minimum Gasteiger partial charge on any atom is -0.438 e. The minimum atomic E-state index is -0.374. The van der Waals surface area contributed by atoms with E-state index in [-0.39, 0.29) is 5.63 Å². The first-order valence-electron chi connectivity index (χ1n) is 8.18. The van der Waals surface area contributed by atoms with Crippen molar-refractivity contribution in [3.8, 4) is 11.6 Å². The molecule has 3 heterocycles. The fourth-order valence-corrected chi connectivity index (χ4v) is 4.65. The molecule has 0 bridgehead atoms. The molecular formula is C19H14N2O3S. The lowest BCUT2D eigenvalue weighted by Crippen LogP contribution is -1.96. The molecule has 1 aromatic carbocycles. The van der Waals surface area contributed by atoms with Crippen LogP contribution in [0.3, 0.4) is 0 Å². The van der Waals surface area contributed by atoms with E-state index in [0.717, 1.165) is 28.4 Å². The first-order chi connectivity index (χ1) is 12.2. The second kappa shape index (κ2) is 5.39. The van der Waals surface area contributed by atoms with Crippen LogP contribution in [0.25, 0.3) is 21.2 Å². The lowest BCUT2D eigenvalue weighted by atomic mass is 10.2. The van der Waals surface area contributed by atoms with Crippen LogP contribution in [0.2, 0.25) is 0 Å². The number of hydrogen-bond donors (Lipinski definition) is 0. The Morgan fingerprint density at radius 2 is 2.04 bits per heavy atom. The minimum absolute atomic E-state index is 0.374. The van der Waals surface area contributed by atoms with Crippen LogP contribution in [0.4, 0.5) is 0 Å². The monoisotopic (exact) mass is 350 g/mol. The van der Waals surface area contributed by atoms with E-state index in [1.165, 1.54) is 22.9 Å². The van der Waals surface area contributed by atoms with E-state index in [2.05, 4.69) is 9.97 Å². The Balaban J connectivity index is 1.65. The quantitative estimate of drug-likeness (QED) is 0.502. The average Bonchev–Trinajstić information content (AvgIpc) is 3.14. The summed E-state index contributed by atoms with van der Waals surface area (Å²) in [6, 6.07) is 8.61. The van der Waals surface area contributed by atoms with Gasteiger partial charge in [0.05, 0.1) is 5.39 Å². The van der Waals surface area contributed by atoms with Crippen LogP contribution in [0.5, 0.6) is 11.6 Å². The molecule has 0 saturated heterocycles. The number of nitrogens with zero attached hydrogens (tertiary/aromatic N) is 2. The Morgan fingerprint density at radius 1 is 1.16 bits per heavy atom. The number of aryl methyl sites for hydroxylation is 3. The van der Waals surface area contributed by atoms with Crippen molar-refractivity contribution in [2.45, 2.75) is 26.2 Å². The smallest absolute Gasteiger partial charge is 0.336 e. The average molecular weight is 350 g/mol. The molecule has 4 aromatic rings. The fraction of sp³-hybridized carbons (Fsp3) is 0.211. The van der Waals surface area contributed by atoms with E-state index in [1.807, 2.05) is 19.1 Å². The zero-order valence-corrected chi connectivity index (χ0v) is 14.4. The van der Waals surface area contributed by atoms with Gasteiger partial charge in [-0.2, -0.15) is 4.98 Å². The van der Waals surface area contributed by atoms with Crippen LogP contribution >= 0.6 is 11.3 Å². The molecule has 0 atom stereocenters. The highest BCUT2D eigenvalue weighted by Crippen LogP contribution is 2.41. The summed E-state index contributed by atoms with van der Waals surface area (Å²) >= 11 is 1.74. The van der Waals surface area contributed by atoms with Crippen molar-refractivity contribution in [2.24, 2.45) is 0 Å². The zero-order chi connectivity index (χ0) is 17.0. The second-order valence-electron chi connectivity index (χ2n) is 6.17. The van der Waals surface area contributed by atoms with Gasteiger partial charge in [-0.05, 0) is 49.9 Å². The van der Waals surface area contributed by atoms with Gasteiger partial charge >= 0.3 is 5.63 Å². The lowest BCUT2D eigenvalue weighted by Gasteiger charge is -2.08. The van der Waals surface area contributed by atoms with Crippen molar-refractivity contribution in [1.82, 2.24) is 9.97 Å². The zero-order valence-electron chi connectivity index (χ0n) is 13.5. The van der Waals surface area contributed by atoms with Gasteiger partial charge in [-0.1, -0.05) is 0 Å². The van der Waals surface area contributed by atoms with Gasteiger partial charge in [0, 0.05) is 22.4 Å². The van der Waals surface area contributed by atoms with Crippen LogP contribution in [0.15, 0.2) is 39.5 Å². The molecule has 6 heteroatoms. The van der Waals surface area contributed by atoms with Gasteiger partial charge in [-0.15, -0.1) is 11.3 Å². The van der Waals surface area contributed by atoms with Gasteiger partial charge in [0.25, 0.3) is 0 Å². The number of ether oxygens (including phenoxy) is 1. The van der Waals surface area contributed by atoms with E-state index in [4.69, 9.17) is 9.15 Å². The van der Waals surface area contributed by atoms with E-state index < -0.39 is 0 Å². The van der Waals surface area contributed by atoms with Crippen molar-refractivity contribution >= 4 is 32.5 Å². The van der Waals surface area contributed by atoms with E-state index in [0.29, 0.717) is 23.0 Å². The molecule has 0 amide bonds. The second-order valence-corrected chi connectivity index (χ2v) is 7.25. The van der Waals surface area contributed by atoms with Gasteiger partial charge < -0.3 is 9.15 Å². The van der Waals surface area contributed by atoms with Crippen molar-refractivity contribution in [2.75, 3.05) is 0 Å². The van der Waals surface area contributed by atoms with Gasteiger partial charge in [0.2, 0.25) is 5.88 Å². The van der Waals surface area contributed by atoms with Crippen molar-refractivity contribution < 1.29 is 9.15 Å². The number of rotatable bonds is 2. The predicted octanol–water partition coefficient (Wildman–Crippen LogP) is 4.39. The Kier molecular flexibility index (Phi) is 3.15. The maximum absolute atomic E-state index is 11.4. The van der Waals surface area contributed by atoms with E-state index in [1.54, 1.807) is 23.5 Å². The summed E-state index contributed by atoms with van der Waals surface area (Å²) in [6.45, 7) is 1.87. The summed E-state index contributed by atoms with van der Waals surface area (Å²) in [5.74, 6) is 1.87. The third-order valence-corrected chi connectivity index (χ3v) is 5.64. The molecule has 0 fully saturated rings. The first kappa shape index (κ1) is 14.6. The molecule has 3 aromatic heterocycles. The molecule has 0 radical (unpaired) electrons. The summed E-state index contributed by atoms with van der Waals surface area (Å²) in [5.41, 5.74) is 1.45. The Labute approximate surface area is 146 Å². The molecule has 5 rings (SSSR count). The Hall–Kier alpha value is -2.73. The topological polar surface area (TPSA) is 65.2 Å². The number of benzene rings is 1. The SMILES string of the molecule is Cc1nc(Oc2ccc3ccc(=O)oc3c2)c2c3c(sc2n1)CCC3. The summed E-state index contributed by atoms with van der Waals surface area (Å²) in [6.07, 6.45) is 3.33. The molecule has 5 nitrogen and oxygen atoms in total. The van der Waals surface area contributed by atoms with Crippen LogP contribution in [0, 0.1) is 6.92 Å². The van der Waals surface area contributed by atoms with Crippen LogP contribution in [-0.4, -0.2) is 9.97 Å². The molecule has 0 N–H and O–H groups in total. The summed E-state index contributed by atoms with van der Waals surface area (Å²) in [5, 5.41) is 1.88. The van der Waals surface area contributed by atoms with Gasteiger partial charge in [-0.3, -0.25) is 0 Å². The number of aromatic nitrogens is 2. The third-order valence-electron chi connectivity index (χ3n) is 4.45. The highest BCUT2D eigenvalue weighted by Gasteiger charge is 2.23. The maximum atomic E-state index is 11.4. The molecular weight excluding hydrogens is 336 g/mol. The third kappa shape index (κ3) is 2.41. The molecule has 124 valence electrons. The van der Waals surface area contributed by atoms with Crippen molar-refractivity contribution in [3.63, 3.8) is 0 Å². The summed E-state index contributed by atoms with van der Waals surface area (Å²) in [7, 11) is 0. The largest absolute Gasteiger partial charge is 0.438 e. The molecule has 0 saturated carbocycles. The molecule has 0 aliphatic heterocycles.